The van der Waals surface area contributed by atoms with Crippen LogP contribution in [0.15, 0.2) is 54.9 Å². The van der Waals surface area contributed by atoms with E-state index in [2.05, 4.69) is 10.3 Å². The van der Waals surface area contributed by atoms with Crippen molar-refractivity contribution in [2.75, 3.05) is 25.3 Å². The van der Waals surface area contributed by atoms with Crippen LogP contribution in [0, 0.1) is 0 Å². The zero-order valence-corrected chi connectivity index (χ0v) is 18.5. The predicted molar refractivity (Wildman–Crippen MR) is 120 cm³/mol. The number of aliphatic hydroxyl groups excluding tert-OH is 1. The van der Waals surface area contributed by atoms with Gasteiger partial charge in [-0.1, -0.05) is 12.1 Å². The number of morpholine rings is 1. The van der Waals surface area contributed by atoms with Gasteiger partial charge in [0, 0.05) is 30.7 Å². The van der Waals surface area contributed by atoms with Crippen LogP contribution in [0.5, 0.6) is 11.5 Å². The van der Waals surface area contributed by atoms with Crippen LogP contribution in [0.4, 0.5) is 5.69 Å². The highest BCUT2D eigenvalue weighted by Crippen LogP contribution is 2.33. The van der Waals surface area contributed by atoms with Gasteiger partial charge >= 0.3 is 0 Å². The summed E-state index contributed by atoms with van der Waals surface area (Å²) in [6.45, 7) is 0.0688. The fourth-order valence-electron chi connectivity index (χ4n) is 4.12. The molecule has 34 heavy (non-hydrogen) atoms. The second-order valence-electron chi connectivity index (χ2n) is 8.10. The molecule has 3 aromatic rings. The first kappa shape index (κ1) is 21.9. The summed E-state index contributed by atoms with van der Waals surface area (Å²) in [5, 5.41) is 13.0. The highest BCUT2D eigenvalue weighted by atomic mass is 16.7. The minimum Gasteiger partial charge on any atom is -0.454 e. The second kappa shape index (κ2) is 9.16. The molecule has 0 unspecified atom stereocenters. The number of hydrogen-bond donors (Lipinski definition) is 2. The van der Waals surface area contributed by atoms with Gasteiger partial charge in [0.25, 0.3) is 5.91 Å². The minimum absolute atomic E-state index is 0.0891. The van der Waals surface area contributed by atoms with E-state index >= 15 is 0 Å². The van der Waals surface area contributed by atoms with Crippen molar-refractivity contribution < 1.29 is 28.9 Å². The van der Waals surface area contributed by atoms with E-state index in [0.717, 1.165) is 5.56 Å². The van der Waals surface area contributed by atoms with Crippen LogP contribution < -0.4 is 14.8 Å². The van der Waals surface area contributed by atoms with E-state index in [4.69, 9.17) is 14.2 Å². The Morgan fingerprint density at radius 2 is 1.97 bits per heavy atom. The van der Waals surface area contributed by atoms with Crippen molar-refractivity contribution in [3.8, 4) is 11.5 Å². The van der Waals surface area contributed by atoms with Gasteiger partial charge in [-0.05, 0) is 35.9 Å². The second-order valence-corrected chi connectivity index (χ2v) is 8.10. The minimum atomic E-state index is -0.563. The van der Waals surface area contributed by atoms with Crippen molar-refractivity contribution in [2.45, 2.75) is 18.7 Å². The molecule has 10 nitrogen and oxygen atoms in total. The van der Waals surface area contributed by atoms with Gasteiger partial charge in [-0.25, -0.2) is 4.98 Å². The molecule has 2 aliphatic rings. The number of anilines is 1. The summed E-state index contributed by atoms with van der Waals surface area (Å²) in [7, 11) is 1.86. The summed E-state index contributed by atoms with van der Waals surface area (Å²) >= 11 is 0. The van der Waals surface area contributed by atoms with Crippen molar-refractivity contribution in [2.24, 2.45) is 7.05 Å². The summed E-state index contributed by atoms with van der Waals surface area (Å²) in [4.78, 5) is 31.1. The molecule has 0 radical (unpaired) electrons. The molecule has 176 valence electrons. The van der Waals surface area contributed by atoms with Crippen LogP contribution in [0.2, 0.25) is 0 Å². The number of aromatic nitrogens is 2. The van der Waals surface area contributed by atoms with Crippen molar-refractivity contribution >= 4 is 17.5 Å². The Morgan fingerprint density at radius 1 is 1.18 bits per heavy atom. The quantitative estimate of drug-likeness (QED) is 0.572. The first-order chi connectivity index (χ1) is 16.5. The molecular weight excluding hydrogens is 440 g/mol. The third kappa shape index (κ3) is 4.20. The number of amides is 2. The maximum Gasteiger partial charge on any atom is 0.255 e. The third-order valence-corrected chi connectivity index (χ3v) is 6.01. The molecule has 0 spiro atoms. The number of aliphatic hydroxyl groups is 1. The smallest absolute Gasteiger partial charge is 0.255 e. The fourth-order valence-corrected chi connectivity index (χ4v) is 4.12. The average Bonchev–Trinajstić information content (AvgIpc) is 3.49. The van der Waals surface area contributed by atoms with Crippen LogP contribution in [-0.4, -0.2) is 57.4 Å². The molecule has 1 aromatic heterocycles. The molecule has 1 fully saturated rings. The topological polar surface area (TPSA) is 115 Å². The summed E-state index contributed by atoms with van der Waals surface area (Å²) < 4.78 is 18.2. The van der Waals surface area contributed by atoms with Crippen molar-refractivity contribution in [1.82, 2.24) is 14.5 Å². The number of ether oxygens (including phenoxy) is 3. The van der Waals surface area contributed by atoms with E-state index in [1.165, 1.54) is 0 Å². The lowest BCUT2D eigenvalue weighted by Crippen LogP contribution is -2.52. The molecular formula is C24H24N4O6. The van der Waals surface area contributed by atoms with Crippen molar-refractivity contribution in [3.05, 3.63) is 71.8 Å². The summed E-state index contributed by atoms with van der Waals surface area (Å²) in [5.41, 5.74) is 1.84. The number of nitrogens with one attached hydrogen (secondary N) is 1. The molecule has 3 heterocycles. The van der Waals surface area contributed by atoms with E-state index < -0.39 is 12.1 Å². The van der Waals surface area contributed by atoms with Crippen molar-refractivity contribution in [1.29, 1.82) is 0 Å². The van der Waals surface area contributed by atoms with Gasteiger partial charge in [0.15, 0.2) is 11.5 Å². The molecule has 0 bridgehead atoms. The lowest BCUT2D eigenvalue weighted by Gasteiger charge is -2.40. The summed E-state index contributed by atoms with van der Waals surface area (Å²) in [6, 6.07) is 11.6. The number of hydrogen-bond acceptors (Lipinski definition) is 7. The normalized spacial score (nSPS) is 19.4. The van der Waals surface area contributed by atoms with Crippen LogP contribution in [0.3, 0.4) is 0 Å². The molecule has 2 N–H and O–H groups in total. The van der Waals surface area contributed by atoms with E-state index in [0.29, 0.717) is 28.6 Å². The Labute approximate surface area is 195 Å². The van der Waals surface area contributed by atoms with E-state index in [1.807, 2.05) is 29.9 Å². The summed E-state index contributed by atoms with van der Waals surface area (Å²) in [6.07, 6.45) is 2.96. The number of benzene rings is 2. The monoisotopic (exact) mass is 464 g/mol. The molecule has 1 saturated heterocycles. The summed E-state index contributed by atoms with van der Waals surface area (Å²) in [5.74, 6) is 1.39. The van der Waals surface area contributed by atoms with Crippen LogP contribution in [0.1, 0.15) is 27.8 Å². The number of fused-ring (bicyclic) bond motifs is 1. The molecule has 2 amide bonds. The molecule has 2 aliphatic heterocycles. The predicted octanol–water partition coefficient (Wildman–Crippen LogP) is 1.86. The Bertz CT molecular complexity index is 1210. The average molecular weight is 464 g/mol. The lowest BCUT2D eigenvalue weighted by molar-refractivity contribution is -0.162. The number of carbonyl (C=O) groups is 2. The Morgan fingerprint density at radius 3 is 2.71 bits per heavy atom. The van der Waals surface area contributed by atoms with Gasteiger partial charge in [0.2, 0.25) is 12.7 Å². The first-order valence-corrected chi connectivity index (χ1v) is 10.8. The van der Waals surface area contributed by atoms with Gasteiger partial charge in [0.1, 0.15) is 18.5 Å². The number of imidazole rings is 1. The standard InChI is InChI=1S/C24H24N4O6/c1-27-9-8-25-21(27)11-28-18(12-29)23(32-13-22(28)30)15-2-5-17(6-3-15)26-24(31)16-4-7-19-20(10-16)34-14-33-19/h2-10,18,23,29H,11-14H2,1H3,(H,26,31)/t18-,23-/m1/s1. The molecule has 0 saturated carbocycles. The van der Waals surface area contributed by atoms with Crippen LogP contribution in [0.25, 0.3) is 0 Å². The maximum absolute atomic E-state index is 12.6. The SMILES string of the molecule is Cn1ccnc1CN1C(=O)CO[C@H](c2ccc(NC(=O)c3ccc4c(c3)OCO4)cc2)[C@H]1CO. The number of nitrogens with zero attached hydrogens (tertiary/aromatic N) is 3. The molecule has 2 atom stereocenters. The van der Waals surface area contributed by atoms with Crippen LogP contribution in [-0.2, 0) is 23.1 Å². The van der Waals surface area contributed by atoms with E-state index in [9.17, 15) is 14.7 Å². The molecule has 5 rings (SSSR count). The van der Waals surface area contributed by atoms with Gasteiger partial charge < -0.3 is 34.1 Å². The van der Waals surface area contributed by atoms with Crippen LogP contribution >= 0.6 is 0 Å². The van der Waals surface area contributed by atoms with Gasteiger partial charge in [-0.3, -0.25) is 9.59 Å². The van der Waals surface area contributed by atoms with Crippen molar-refractivity contribution in [3.63, 3.8) is 0 Å². The van der Waals surface area contributed by atoms with E-state index in [1.54, 1.807) is 41.4 Å². The highest BCUT2D eigenvalue weighted by Gasteiger charge is 2.37. The zero-order valence-electron chi connectivity index (χ0n) is 18.5. The Balaban J connectivity index is 1.29. The number of aryl methyl sites for hydroxylation is 1. The number of carbonyl (C=O) groups excluding carboxylic acids is 2. The largest absolute Gasteiger partial charge is 0.454 e. The van der Waals surface area contributed by atoms with Gasteiger partial charge in [0.05, 0.1) is 19.2 Å². The Hall–Kier alpha value is -3.89. The van der Waals surface area contributed by atoms with Gasteiger partial charge in [-0.2, -0.15) is 0 Å². The molecule has 10 heteroatoms. The molecule has 0 aliphatic carbocycles. The fraction of sp³-hybridized carbons (Fsp3) is 0.292. The highest BCUT2D eigenvalue weighted by molar-refractivity contribution is 6.04. The first-order valence-electron chi connectivity index (χ1n) is 10.8. The van der Waals surface area contributed by atoms with Gasteiger partial charge in [-0.15, -0.1) is 0 Å². The lowest BCUT2D eigenvalue weighted by atomic mass is 9.99. The molecule has 2 aromatic carbocycles. The third-order valence-electron chi connectivity index (χ3n) is 6.01. The van der Waals surface area contributed by atoms with E-state index in [-0.39, 0.29) is 38.4 Å². The Kier molecular flexibility index (Phi) is 5.91. The zero-order chi connectivity index (χ0) is 23.7. The number of rotatable bonds is 6. The maximum atomic E-state index is 12.6.